The molecule has 1 saturated heterocycles. The number of ether oxygens (including phenoxy) is 1. The van der Waals surface area contributed by atoms with Crippen LogP contribution in [0.5, 0.6) is 5.75 Å². The average molecular weight is 324 g/mol. The number of benzene rings is 1. The highest BCUT2D eigenvalue weighted by molar-refractivity contribution is 7.89. The highest BCUT2D eigenvalue weighted by atomic mass is 32.2. The second-order valence-electron chi connectivity index (χ2n) is 4.74. The van der Waals surface area contributed by atoms with Gasteiger partial charge >= 0.3 is 6.36 Å². The minimum atomic E-state index is -4.86. The number of hydrogen-bond acceptors (Lipinski definition) is 4. The average Bonchev–Trinajstić information content (AvgIpc) is 2.37. The summed E-state index contributed by atoms with van der Waals surface area (Å²) in [4.78, 5) is -0.210. The van der Waals surface area contributed by atoms with Gasteiger partial charge < -0.3 is 10.1 Å². The van der Waals surface area contributed by atoms with Gasteiger partial charge in [-0.3, -0.25) is 0 Å². The summed E-state index contributed by atoms with van der Waals surface area (Å²) in [7, 11) is -3.83. The number of halogens is 3. The van der Waals surface area contributed by atoms with Gasteiger partial charge in [-0.25, -0.2) is 8.42 Å². The molecule has 1 unspecified atom stereocenters. The molecule has 9 heteroatoms. The molecule has 0 amide bonds. The van der Waals surface area contributed by atoms with Crippen LogP contribution in [0.2, 0.25) is 0 Å². The summed E-state index contributed by atoms with van der Waals surface area (Å²) in [5.74, 6) is -0.549. The van der Waals surface area contributed by atoms with Crippen LogP contribution in [0.4, 0.5) is 13.2 Å². The minimum absolute atomic E-state index is 0.0110. The fourth-order valence-electron chi connectivity index (χ4n) is 2.10. The van der Waals surface area contributed by atoms with Crippen LogP contribution in [0.15, 0.2) is 29.2 Å². The maximum absolute atomic E-state index is 12.4. The zero-order chi connectivity index (χ0) is 15.7. The molecule has 0 aromatic heterocycles. The van der Waals surface area contributed by atoms with Gasteiger partial charge in [0.1, 0.15) is 5.75 Å². The third-order valence-electron chi connectivity index (χ3n) is 3.01. The lowest BCUT2D eigenvalue weighted by atomic mass is 10.3. The zero-order valence-electron chi connectivity index (χ0n) is 11.2. The quantitative estimate of drug-likeness (QED) is 0.917. The molecule has 1 aliphatic heterocycles. The van der Waals surface area contributed by atoms with E-state index in [0.29, 0.717) is 6.54 Å². The van der Waals surface area contributed by atoms with Gasteiger partial charge in [-0.2, -0.15) is 4.31 Å². The van der Waals surface area contributed by atoms with Crippen molar-refractivity contribution in [1.29, 1.82) is 0 Å². The molecule has 1 aliphatic rings. The molecule has 0 saturated carbocycles. The van der Waals surface area contributed by atoms with Crippen molar-refractivity contribution in [2.24, 2.45) is 0 Å². The Bertz CT molecular complexity index is 604. The fraction of sp³-hybridized carbons (Fsp3) is 0.500. The maximum Gasteiger partial charge on any atom is 0.573 e. The van der Waals surface area contributed by atoms with Crippen molar-refractivity contribution in [1.82, 2.24) is 9.62 Å². The molecular weight excluding hydrogens is 309 g/mol. The molecule has 1 aromatic carbocycles. The molecule has 0 bridgehead atoms. The highest BCUT2D eigenvalue weighted by Crippen LogP contribution is 2.26. The second kappa shape index (κ2) is 5.82. The van der Waals surface area contributed by atoms with Gasteiger partial charge in [-0.1, -0.05) is 6.07 Å². The van der Waals surface area contributed by atoms with E-state index in [0.717, 1.165) is 12.1 Å². The van der Waals surface area contributed by atoms with E-state index in [-0.39, 0.29) is 24.0 Å². The standard InChI is InChI=1S/C12H15F3N2O3S/c1-9-8-17(6-5-16-9)21(18,19)11-4-2-3-10(7-11)20-12(13,14)15/h2-4,7,9,16H,5-6,8H2,1H3. The molecule has 118 valence electrons. The van der Waals surface area contributed by atoms with Crippen LogP contribution < -0.4 is 10.1 Å². The molecule has 1 aromatic rings. The van der Waals surface area contributed by atoms with Crippen molar-refractivity contribution in [3.8, 4) is 5.75 Å². The van der Waals surface area contributed by atoms with Crippen LogP contribution in [-0.4, -0.2) is 44.8 Å². The molecule has 2 rings (SSSR count). The Morgan fingerprint density at radius 1 is 1.38 bits per heavy atom. The van der Waals surface area contributed by atoms with Crippen LogP contribution in [-0.2, 0) is 10.0 Å². The Morgan fingerprint density at radius 2 is 2.10 bits per heavy atom. The number of alkyl halides is 3. The molecule has 0 radical (unpaired) electrons. The second-order valence-corrected chi connectivity index (χ2v) is 6.68. The number of rotatable bonds is 3. The lowest BCUT2D eigenvalue weighted by Gasteiger charge is -2.31. The molecule has 1 heterocycles. The van der Waals surface area contributed by atoms with Gasteiger partial charge in [0.25, 0.3) is 0 Å². The summed E-state index contributed by atoms with van der Waals surface area (Å²) in [6.07, 6.45) is -4.86. The predicted octanol–water partition coefficient (Wildman–Crippen LogP) is 1.57. The summed E-state index contributed by atoms with van der Waals surface area (Å²) in [5, 5.41) is 3.10. The van der Waals surface area contributed by atoms with Crippen LogP contribution in [0.1, 0.15) is 6.92 Å². The van der Waals surface area contributed by atoms with E-state index in [2.05, 4.69) is 10.1 Å². The lowest BCUT2D eigenvalue weighted by molar-refractivity contribution is -0.274. The Morgan fingerprint density at radius 3 is 2.71 bits per heavy atom. The SMILES string of the molecule is CC1CN(S(=O)(=O)c2cccc(OC(F)(F)F)c2)CCN1. The summed E-state index contributed by atoms with van der Waals surface area (Å²) < 4.78 is 66.4. The van der Waals surface area contributed by atoms with Crippen molar-refractivity contribution in [3.05, 3.63) is 24.3 Å². The fourth-order valence-corrected chi connectivity index (χ4v) is 3.66. The van der Waals surface area contributed by atoms with E-state index >= 15 is 0 Å². The van der Waals surface area contributed by atoms with Crippen LogP contribution >= 0.6 is 0 Å². The molecule has 21 heavy (non-hydrogen) atoms. The number of piperazine rings is 1. The van der Waals surface area contributed by atoms with Gasteiger partial charge in [0.2, 0.25) is 10.0 Å². The monoisotopic (exact) mass is 324 g/mol. The highest BCUT2D eigenvalue weighted by Gasteiger charge is 2.32. The molecule has 0 aliphatic carbocycles. The van der Waals surface area contributed by atoms with E-state index in [9.17, 15) is 21.6 Å². The Labute approximate surface area is 120 Å². The van der Waals surface area contributed by atoms with E-state index in [1.165, 1.54) is 16.4 Å². The van der Waals surface area contributed by atoms with E-state index in [4.69, 9.17) is 0 Å². The van der Waals surface area contributed by atoms with Crippen molar-refractivity contribution in [2.45, 2.75) is 24.2 Å². The number of nitrogens with one attached hydrogen (secondary N) is 1. The first-order valence-electron chi connectivity index (χ1n) is 6.28. The van der Waals surface area contributed by atoms with E-state index < -0.39 is 22.1 Å². The van der Waals surface area contributed by atoms with Crippen LogP contribution in [0.25, 0.3) is 0 Å². The van der Waals surface area contributed by atoms with E-state index in [1.807, 2.05) is 6.92 Å². The summed E-state index contributed by atoms with van der Waals surface area (Å²) >= 11 is 0. The van der Waals surface area contributed by atoms with Crippen molar-refractivity contribution in [3.63, 3.8) is 0 Å². The molecule has 1 atom stereocenters. The van der Waals surface area contributed by atoms with Gasteiger partial charge in [-0.05, 0) is 19.1 Å². The summed E-state index contributed by atoms with van der Waals surface area (Å²) in [6, 6.07) is 4.41. The van der Waals surface area contributed by atoms with E-state index in [1.54, 1.807) is 0 Å². The third kappa shape index (κ3) is 4.08. The largest absolute Gasteiger partial charge is 0.573 e. The Hall–Kier alpha value is -1.32. The molecule has 5 nitrogen and oxygen atoms in total. The van der Waals surface area contributed by atoms with Gasteiger partial charge in [-0.15, -0.1) is 13.2 Å². The topological polar surface area (TPSA) is 58.6 Å². The number of hydrogen-bond donors (Lipinski definition) is 1. The van der Waals surface area contributed by atoms with Gasteiger partial charge in [0, 0.05) is 31.7 Å². The number of nitrogens with zero attached hydrogens (tertiary/aromatic N) is 1. The molecule has 1 N–H and O–H groups in total. The first kappa shape index (κ1) is 16.1. The van der Waals surface area contributed by atoms with Gasteiger partial charge in [0.15, 0.2) is 0 Å². The first-order chi connectivity index (χ1) is 9.68. The maximum atomic E-state index is 12.4. The summed E-state index contributed by atoms with van der Waals surface area (Å²) in [6.45, 7) is 2.88. The van der Waals surface area contributed by atoms with Crippen molar-refractivity contribution < 1.29 is 26.3 Å². The summed E-state index contributed by atoms with van der Waals surface area (Å²) in [5.41, 5.74) is 0. The van der Waals surface area contributed by atoms with Crippen molar-refractivity contribution >= 4 is 10.0 Å². The first-order valence-corrected chi connectivity index (χ1v) is 7.72. The minimum Gasteiger partial charge on any atom is -0.406 e. The van der Waals surface area contributed by atoms with Crippen LogP contribution in [0.3, 0.4) is 0 Å². The Kier molecular flexibility index (Phi) is 4.45. The lowest BCUT2D eigenvalue weighted by Crippen LogP contribution is -2.51. The van der Waals surface area contributed by atoms with Gasteiger partial charge in [0.05, 0.1) is 4.90 Å². The molecule has 0 spiro atoms. The van der Waals surface area contributed by atoms with Crippen molar-refractivity contribution in [2.75, 3.05) is 19.6 Å². The molecule has 1 fully saturated rings. The predicted molar refractivity (Wildman–Crippen MR) is 69.3 cm³/mol. The Balaban J connectivity index is 2.26. The van der Waals surface area contributed by atoms with Crippen LogP contribution in [0, 0.1) is 0 Å². The number of sulfonamides is 1. The zero-order valence-corrected chi connectivity index (χ0v) is 12.0. The molecular formula is C12H15F3N2O3S. The normalized spacial score (nSPS) is 21.2. The smallest absolute Gasteiger partial charge is 0.406 e. The third-order valence-corrected chi connectivity index (χ3v) is 4.87.